The van der Waals surface area contributed by atoms with E-state index in [-0.39, 0.29) is 6.04 Å². The molecule has 0 unspecified atom stereocenters. The number of carbonyl (C=O) groups is 3. The molecule has 1 rings (SSSR count). The second kappa shape index (κ2) is 6.40. The first-order valence-electron chi connectivity index (χ1n) is 6.39. The molecule has 0 aromatic rings. The van der Waals surface area contributed by atoms with Crippen LogP contribution in [0, 0.1) is 5.92 Å². The van der Waals surface area contributed by atoms with Crippen molar-refractivity contribution in [2.45, 2.75) is 45.2 Å². The Morgan fingerprint density at radius 1 is 1.37 bits per heavy atom. The van der Waals surface area contributed by atoms with E-state index >= 15 is 0 Å². The number of carboxylic acids is 1. The van der Waals surface area contributed by atoms with E-state index in [1.165, 1.54) is 0 Å². The molecule has 1 aliphatic rings. The van der Waals surface area contributed by atoms with Crippen molar-refractivity contribution in [2.75, 3.05) is 6.54 Å². The standard InChI is InChI=1S/C12H21N3O4/c1-7(2)6-15(8-3-4-8)12(19)14-9(11(17)18)5-10(13)16/h7-9H,3-6H2,1-2H3,(H2,13,16)(H,14,19)(H,17,18)/t9-/m0/s1. The minimum atomic E-state index is -1.27. The Bertz CT molecular complexity index is 366. The minimum absolute atomic E-state index is 0.186. The van der Waals surface area contributed by atoms with Crippen LogP contribution in [0.5, 0.6) is 0 Å². The molecule has 0 radical (unpaired) electrons. The first-order chi connectivity index (χ1) is 8.81. The Labute approximate surface area is 112 Å². The van der Waals surface area contributed by atoms with Gasteiger partial charge in [-0.2, -0.15) is 0 Å². The number of nitrogens with two attached hydrogens (primary N) is 1. The van der Waals surface area contributed by atoms with Gasteiger partial charge in [-0.25, -0.2) is 9.59 Å². The molecule has 1 atom stereocenters. The molecule has 0 aromatic carbocycles. The Kier molecular flexibility index (Phi) is 5.14. The smallest absolute Gasteiger partial charge is 0.326 e. The van der Waals surface area contributed by atoms with Crippen molar-refractivity contribution in [2.24, 2.45) is 11.7 Å². The van der Waals surface area contributed by atoms with Gasteiger partial charge < -0.3 is 21.1 Å². The predicted octanol–water partition coefficient (Wildman–Crippen LogP) is 0.145. The van der Waals surface area contributed by atoms with E-state index < -0.39 is 30.4 Å². The molecule has 4 N–H and O–H groups in total. The average Bonchev–Trinajstić information content (AvgIpc) is 3.07. The van der Waals surface area contributed by atoms with Gasteiger partial charge in [0.2, 0.25) is 5.91 Å². The minimum Gasteiger partial charge on any atom is -0.480 e. The Morgan fingerprint density at radius 2 is 1.95 bits per heavy atom. The molecule has 1 fully saturated rings. The second-order valence-electron chi connectivity index (χ2n) is 5.29. The zero-order valence-electron chi connectivity index (χ0n) is 11.3. The van der Waals surface area contributed by atoms with Gasteiger partial charge in [-0.15, -0.1) is 0 Å². The molecule has 0 heterocycles. The van der Waals surface area contributed by atoms with Gasteiger partial charge >= 0.3 is 12.0 Å². The zero-order valence-corrected chi connectivity index (χ0v) is 11.3. The first kappa shape index (κ1) is 15.3. The van der Waals surface area contributed by atoms with E-state index in [4.69, 9.17) is 10.8 Å². The highest BCUT2D eigenvalue weighted by atomic mass is 16.4. The van der Waals surface area contributed by atoms with Gasteiger partial charge in [-0.05, 0) is 18.8 Å². The molecule has 0 bridgehead atoms. The Hall–Kier alpha value is -1.79. The molecular weight excluding hydrogens is 250 g/mol. The summed E-state index contributed by atoms with van der Waals surface area (Å²) in [6, 6.07) is -1.52. The lowest BCUT2D eigenvalue weighted by atomic mass is 10.2. The second-order valence-corrected chi connectivity index (χ2v) is 5.29. The van der Waals surface area contributed by atoms with E-state index in [0.717, 1.165) is 12.8 Å². The highest BCUT2D eigenvalue weighted by Crippen LogP contribution is 2.27. The van der Waals surface area contributed by atoms with E-state index in [2.05, 4.69) is 5.32 Å². The van der Waals surface area contributed by atoms with E-state index in [0.29, 0.717) is 12.5 Å². The SMILES string of the molecule is CC(C)CN(C(=O)N[C@@H](CC(N)=O)C(=O)O)C1CC1. The predicted molar refractivity (Wildman–Crippen MR) is 68.3 cm³/mol. The summed E-state index contributed by atoms with van der Waals surface area (Å²) >= 11 is 0. The summed E-state index contributed by atoms with van der Waals surface area (Å²) in [5.41, 5.74) is 4.97. The van der Waals surface area contributed by atoms with Gasteiger partial charge in [-0.3, -0.25) is 4.79 Å². The van der Waals surface area contributed by atoms with Crippen molar-refractivity contribution >= 4 is 17.9 Å². The maximum atomic E-state index is 12.1. The van der Waals surface area contributed by atoms with Crippen LogP contribution in [-0.2, 0) is 9.59 Å². The van der Waals surface area contributed by atoms with Gasteiger partial charge in [0.1, 0.15) is 6.04 Å². The van der Waals surface area contributed by atoms with Crippen molar-refractivity contribution in [3.8, 4) is 0 Å². The average molecular weight is 271 g/mol. The number of aliphatic carboxylic acids is 1. The van der Waals surface area contributed by atoms with Crippen molar-refractivity contribution in [3.05, 3.63) is 0 Å². The lowest BCUT2D eigenvalue weighted by Crippen LogP contribution is -2.50. The third-order valence-electron chi connectivity index (χ3n) is 2.81. The van der Waals surface area contributed by atoms with Gasteiger partial charge in [0.05, 0.1) is 6.42 Å². The van der Waals surface area contributed by atoms with Crippen molar-refractivity contribution in [3.63, 3.8) is 0 Å². The summed E-state index contributed by atoms with van der Waals surface area (Å²) in [6.07, 6.45) is 1.47. The van der Waals surface area contributed by atoms with E-state index in [1.807, 2.05) is 13.8 Å². The maximum Gasteiger partial charge on any atom is 0.326 e. The summed E-state index contributed by atoms with van der Waals surface area (Å²) in [6.45, 7) is 4.54. The van der Waals surface area contributed by atoms with Crippen LogP contribution in [0.2, 0.25) is 0 Å². The maximum absolute atomic E-state index is 12.1. The van der Waals surface area contributed by atoms with Crippen LogP contribution >= 0.6 is 0 Å². The number of urea groups is 1. The van der Waals surface area contributed by atoms with E-state index in [9.17, 15) is 14.4 Å². The highest BCUT2D eigenvalue weighted by Gasteiger charge is 2.34. The topological polar surface area (TPSA) is 113 Å². The van der Waals surface area contributed by atoms with Crippen LogP contribution < -0.4 is 11.1 Å². The number of carboxylic acid groups (broad SMARTS) is 1. The molecule has 108 valence electrons. The summed E-state index contributed by atoms with van der Waals surface area (Å²) in [4.78, 5) is 35.4. The van der Waals surface area contributed by atoms with Crippen LogP contribution in [0.15, 0.2) is 0 Å². The number of primary amides is 1. The van der Waals surface area contributed by atoms with Crippen LogP contribution in [0.4, 0.5) is 4.79 Å². The molecule has 1 aliphatic carbocycles. The van der Waals surface area contributed by atoms with Crippen LogP contribution in [0.1, 0.15) is 33.1 Å². The lowest BCUT2D eigenvalue weighted by Gasteiger charge is -2.26. The first-order valence-corrected chi connectivity index (χ1v) is 6.39. The van der Waals surface area contributed by atoms with Gasteiger partial charge in [0.25, 0.3) is 0 Å². The molecule has 7 nitrogen and oxygen atoms in total. The summed E-state index contributed by atoms with van der Waals surface area (Å²) in [5, 5.41) is 11.3. The van der Waals surface area contributed by atoms with E-state index in [1.54, 1.807) is 4.90 Å². The fourth-order valence-electron chi connectivity index (χ4n) is 1.81. The molecule has 0 aromatic heterocycles. The quantitative estimate of drug-likeness (QED) is 0.611. The number of nitrogens with zero attached hydrogens (tertiary/aromatic N) is 1. The summed E-state index contributed by atoms with van der Waals surface area (Å²) in [5.74, 6) is -1.72. The molecule has 3 amide bonds. The molecule has 1 saturated carbocycles. The molecule has 19 heavy (non-hydrogen) atoms. The van der Waals surface area contributed by atoms with Crippen LogP contribution in [0.3, 0.4) is 0 Å². The normalized spacial score (nSPS) is 15.9. The Balaban J connectivity index is 2.62. The van der Waals surface area contributed by atoms with Crippen molar-refractivity contribution in [1.82, 2.24) is 10.2 Å². The third-order valence-corrected chi connectivity index (χ3v) is 2.81. The number of carbonyl (C=O) groups excluding carboxylic acids is 2. The molecule has 0 aliphatic heterocycles. The van der Waals surface area contributed by atoms with Crippen LogP contribution in [-0.4, -0.2) is 46.5 Å². The van der Waals surface area contributed by atoms with Gasteiger partial charge in [-0.1, -0.05) is 13.8 Å². The van der Waals surface area contributed by atoms with Crippen LogP contribution in [0.25, 0.3) is 0 Å². The van der Waals surface area contributed by atoms with Gasteiger partial charge in [0.15, 0.2) is 0 Å². The van der Waals surface area contributed by atoms with Gasteiger partial charge in [0, 0.05) is 12.6 Å². The largest absolute Gasteiger partial charge is 0.480 e. The van der Waals surface area contributed by atoms with Crippen molar-refractivity contribution < 1.29 is 19.5 Å². The van der Waals surface area contributed by atoms with Crippen molar-refractivity contribution in [1.29, 1.82) is 0 Å². The monoisotopic (exact) mass is 271 g/mol. The summed E-state index contributed by atoms with van der Waals surface area (Å²) < 4.78 is 0. The lowest BCUT2D eigenvalue weighted by molar-refractivity contribution is -0.141. The number of amides is 3. The molecule has 0 saturated heterocycles. The fraction of sp³-hybridized carbons (Fsp3) is 0.750. The fourth-order valence-corrected chi connectivity index (χ4v) is 1.81. The highest BCUT2D eigenvalue weighted by molar-refractivity contribution is 5.87. The number of hydrogen-bond acceptors (Lipinski definition) is 3. The number of rotatable bonds is 7. The molecular formula is C12H21N3O4. The number of hydrogen-bond donors (Lipinski definition) is 3. The zero-order chi connectivity index (χ0) is 14.6. The third kappa shape index (κ3) is 5.15. The number of nitrogens with one attached hydrogen (secondary N) is 1. The molecule has 0 spiro atoms. The summed E-state index contributed by atoms with van der Waals surface area (Å²) in [7, 11) is 0. The Morgan fingerprint density at radius 3 is 2.32 bits per heavy atom. The molecule has 7 heteroatoms.